The minimum Gasteiger partial charge on any atom is -0.466 e. The first-order valence-corrected chi connectivity index (χ1v) is 14.6. The molecule has 0 radical (unpaired) electrons. The molecule has 0 unspecified atom stereocenters. The summed E-state index contributed by atoms with van der Waals surface area (Å²) in [5.74, 6) is 0.658. The maximum atomic E-state index is 11.7. The Kier molecular flexibility index (Phi) is 29.0. The Morgan fingerprint density at radius 3 is 1.49 bits per heavy atom. The van der Waals surface area contributed by atoms with Gasteiger partial charge >= 0.3 is 5.97 Å². The molecule has 0 aromatic heterocycles. The SMILES string of the molecule is CCCCCCCCCCOCCOCCOCCOCCCC(=O)OCCCCCCC(C)C. The number of carbonyl (C=O) groups excluding carboxylic acids is 1. The summed E-state index contributed by atoms with van der Waals surface area (Å²) < 4.78 is 27.4. The van der Waals surface area contributed by atoms with Gasteiger partial charge in [-0.25, -0.2) is 0 Å². The highest BCUT2D eigenvalue weighted by Crippen LogP contribution is 2.10. The summed E-state index contributed by atoms with van der Waals surface area (Å²) in [5.41, 5.74) is 0. The molecule has 0 aliphatic carbocycles. The highest BCUT2D eigenvalue weighted by Gasteiger charge is 2.03. The normalized spacial score (nSPS) is 11.4. The molecular weight excluding hydrogens is 444 g/mol. The second-order valence-electron chi connectivity index (χ2n) is 9.85. The van der Waals surface area contributed by atoms with E-state index in [-0.39, 0.29) is 5.97 Å². The number of unbranched alkanes of at least 4 members (excludes halogenated alkanes) is 10. The van der Waals surface area contributed by atoms with Crippen molar-refractivity contribution in [1.29, 1.82) is 0 Å². The largest absolute Gasteiger partial charge is 0.466 e. The number of esters is 1. The third kappa shape index (κ3) is 31.3. The zero-order valence-corrected chi connectivity index (χ0v) is 23.5. The lowest BCUT2D eigenvalue weighted by Crippen LogP contribution is -2.12. The summed E-state index contributed by atoms with van der Waals surface area (Å²) in [6.45, 7) is 12.2. The predicted molar refractivity (Wildman–Crippen MR) is 144 cm³/mol. The standard InChI is InChI=1S/C29H58O6/c1-4-5-6-7-8-9-11-14-19-31-22-24-33-26-27-34-25-23-32-20-16-18-29(30)35-21-15-12-10-13-17-28(2)3/h28H,4-27H2,1-3H3. The minimum atomic E-state index is -0.119. The third-order valence-corrected chi connectivity index (χ3v) is 5.87. The van der Waals surface area contributed by atoms with Crippen LogP contribution in [0.3, 0.4) is 0 Å². The predicted octanol–water partition coefficient (Wildman–Crippen LogP) is 7.12. The van der Waals surface area contributed by atoms with Crippen LogP contribution in [-0.4, -0.2) is 65.4 Å². The lowest BCUT2D eigenvalue weighted by molar-refractivity contribution is -0.144. The van der Waals surface area contributed by atoms with E-state index in [0.29, 0.717) is 65.7 Å². The first-order chi connectivity index (χ1) is 17.2. The van der Waals surface area contributed by atoms with Gasteiger partial charge in [0.05, 0.1) is 46.2 Å². The molecule has 6 heteroatoms. The quantitative estimate of drug-likeness (QED) is 0.0801. The van der Waals surface area contributed by atoms with E-state index in [4.69, 9.17) is 23.7 Å². The molecule has 0 aliphatic heterocycles. The van der Waals surface area contributed by atoms with Crippen molar-refractivity contribution in [2.24, 2.45) is 5.92 Å². The monoisotopic (exact) mass is 502 g/mol. The molecule has 0 aliphatic rings. The Balaban J connectivity index is 3.12. The summed E-state index contributed by atoms with van der Waals surface area (Å²) in [6.07, 6.45) is 17.6. The van der Waals surface area contributed by atoms with Crippen molar-refractivity contribution < 1.29 is 28.5 Å². The van der Waals surface area contributed by atoms with Crippen LogP contribution >= 0.6 is 0 Å². The molecule has 0 saturated heterocycles. The molecule has 0 atom stereocenters. The van der Waals surface area contributed by atoms with Gasteiger partial charge in [-0.1, -0.05) is 91.4 Å². The molecule has 6 nitrogen and oxygen atoms in total. The molecule has 0 bridgehead atoms. The Bertz CT molecular complexity index is 416. The molecule has 35 heavy (non-hydrogen) atoms. The molecule has 0 spiro atoms. The van der Waals surface area contributed by atoms with Crippen molar-refractivity contribution >= 4 is 5.97 Å². The fourth-order valence-electron chi connectivity index (χ4n) is 3.68. The topological polar surface area (TPSA) is 63.2 Å². The van der Waals surface area contributed by atoms with Crippen LogP contribution in [-0.2, 0) is 28.5 Å². The molecular formula is C29H58O6. The average molecular weight is 503 g/mol. The molecule has 0 N–H and O–H groups in total. The van der Waals surface area contributed by atoms with Gasteiger partial charge in [-0.3, -0.25) is 4.79 Å². The molecule has 0 fully saturated rings. The summed E-state index contributed by atoms with van der Waals surface area (Å²) >= 11 is 0. The van der Waals surface area contributed by atoms with Gasteiger partial charge in [0.25, 0.3) is 0 Å². The van der Waals surface area contributed by atoms with Crippen LogP contribution in [0.2, 0.25) is 0 Å². The van der Waals surface area contributed by atoms with E-state index in [1.54, 1.807) is 0 Å². The average Bonchev–Trinajstić information content (AvgIpc) is 2.84. The van der Waals surface area contributed by atoms with Crippen LogP contribution in [0.1, 0.15) is 117 Å². The van der Waals surface area contributed by atoms with Crippen LogP contribution in [0.25, 0.3) is 0 Å². The third-order valence-electron chi connectivity index (χ3n) is 5.87. The highest BCUT2D eigenvalue weighted by molar-refractivity contribution is 5.69. The van der Waals surface area contributed by atoms with Gasteiger partial charge in [-0.15, -0.1) is 0 Å². The van der Waals surface area contributed by atoms with Crippen LogP contribution in [0.15, 0.2) is 0 Å². The minimum absolute atomic E-state index is 0.119. The molecule has 0 aromatic carbocycles. The lowest BCUT2D eigenvalue weighted by atomic mass is 10.0. The highest BCUT2D eigenvalue weighted by atomic mass is 16.6. The van der Waals surface area contributed by atoms with Crippen LogP contribution in [0.5, 0.6) is 0 Å². The Hall–Kier alpha value is -0.690. The van der Waals surface area contributed by atoms with E-state index < -0.39 is 0 Å². The summed E-state index contributed by atoms with van der Waals surface area (Å²) in [7, 11) is 0. The van der Waals surface area contributed by atoms with Crippen LogP contribution in [0, 0.1) is 5.92 Å². The van der Waals surface area contributed by atoms with Crippen molar-refractivity contribution in [3.8, 4) is 0 Å². The summed E-state index contributed by atoms with van der Waals surface area (Å²) in [6, 6.07) is 0. The number of hydrogen-bond donors (Lipinski definition) is 0. The van der Waals surface area contributed by atoms with E-state index >= 15 is 0 Å². The lowest BCUT2D eigenvalue weighted by Gasteiger charge is -2.08. The molecule has 0 heterocycles. The first-order valence-electron chi connectivity index (χ1n) is 14.6. The molecule has 0 rings (SSSR count). The Labute approximate surface area is 217 Å². The van der Waals surface area contributed by atoms with Gasteiger partial charge in [-0.2, -0.15) is 0 Å². The van der Waals surface area contributed by atoms with Gasteiger partial charge in [0.1, 0.15) is 0 Å². The fraction of sp³-hybridized carbons (Fsp3) is 0.966. The van der Waals surface area contributed by atoms with E-state index in [1.807, 2.05) is 0 Å². The van der Waals surface area contributed by atoms with Gasteiger partial charge in [0.15, 0.2) is 0 Å². The van der Waals surface area contributed by atoms with E-state index in [0.717, 1.165) is 31.8 Å². The molecule has 0 amide bonds. The van der Waals surface area contributed by atoms with Crippen LogP contribution in [0.4, 0.5) is 0 Å². The van der Waals surface area contributed by atoms with E-state index in [1.165, 1.54) is 64.2 Å². The summed E-state index contributed by atoms with van der Waals surface area (Å²) in [5, 5.41) is 0. The van der Waals surface area contributed by atoms with Crippen molar-refractivity contribution in [1.82, 2.24) is 0 Å². The summed E-state index contributed by atoms with van der Waals surface area (Å²) in [4.78, 5) is 11.7. The van der Waals surface area contributed by atoms with Gasteiger partial charge in [0, 0.05) is 19.6 Å². The van der Waals surface area contributed by atoms with E-state index in [2.05, 4.69) is 20.8 Å². The second kappa shape index (κ2) is 29.5. The zero-order chi connectivity index (χ0) is 25.7. The van der Waals surface area contributed by atoms with Gasteiger partial charge in [0.2, 0.25) is 0 Å². The maximum absolute atomic E-state index is 11.7. The van der Waals surface area contributed by atoms with Crippen LogP contribution < -0.4 is 0 Å². The van der Waals surface area contributed by atoms with Crippen molar-refractivity contribution in [2.45, 2.75) is 117 Å². The number of rotatable bonds is 29. The van der Waals surface area contributed by atoms with Gasteiger partial charge < -0.3 is 23.7 Å². The van der Waals surface area contributed by atoms with E-state index in [9.17, 15) is 4.79 Å². The maximum Gasteiger partial charge on any atom is 0.305 e. The molecule has 210 valence electrons. The van der Waals surface area contributed by atoms with Gasteiger partial charge in [-0.05, 0) is 25.2 Å². The van der Waals surface area contributed by atoms with Crippen molar-refractivity contribution in [3.63, 3.8) is 0 Å². The Morgan fingerprint density at radius 2 is 0.943 bits per heavy atom. The van der Waals surface area contributed by atoms with Crippen molar-refractivity contribution in [2.75, 3.05) is 59.5 Å². The number of hydrogen-bond acceptors (Lipinski definition) is 6. The Morgan fingerprint density at radius 1 is 0.514 bits per heavy atom. The van der Waals surface area contributed by atoms with Crippen molar-refractivity contribution in [3.05, 3.63) is 0 Å². The fourth-order valence-corrected chi connectivity index (χ4v) is 3.68. The number of carbonyl (C=O) groups is 1. The zero-order valence-electron chi connectivity index (χ0n) is 23.5. The second-order valence-corrected chi connectivity index (χ2v) is 9.85. The first kappa shape index (κ1) is 34.3. The number of ether oxygens (including phenoxy) is 5. The smallest absolute Gasteiger partial charge is 0.305 e. The molecule has 0 aromatic rings. The molecule has 0 saturated carbocycles.